The molecule has 0 spiro atoms. The third kappa shape index (κ3) is 3.15. The van der Waals surface area contributed by atoms with Gasteiger partial charge in [-0.25, -0.2) is 0 Å². The largest absolute Gasteiger partial charge is 0.496 e. The lowest BCUT2D eigenvalue weighted by atomic mass is 9.93. The summed E-state index contributed by atoms with van der Waals surface area (Å²) < 4.78 is 6.84. The third-order valence-corrected chi connectivity index (χ3v) is 4.14. The summed E-state index contributed by atoms with van der Waals surface area (Å²) in [6.45, 7) is 4.24. The van der Waals surface area contributed by atoms with E-state index in [9.17, 15) is 0 Å². The SMILES string of the molecule is CNC(c1cccc(I)c1)c1c(C)cc(C)cc1OC. The van der Waals surface area contributed by atoms with Gasteiger partial charge in [-0.05, 0) is 78.4 Å². The molecule has 1 atom stereocenters. The molecule has 106 valence electrons. The summed E-state index contributed by atoms with van der Waals surface area (Å²) in [7, 11) is 3.72. The number of methoxy groups -OCH3 is 1. The summed E-state index contributed by atoms with van der Waals surface area (Å²) >= 11 is 2.35. The maximum atomic E-state index is 5.60. The normalized spacial score (nSPS) is 12.2. The zero-order valence-corrected chi connectivity index (χ0v) is 14.5. The number of nitrogens with one attached hydrogen (secondary N) is 1. The van der Waals surface area contributed by atoms with Crippen molar-refractivity contribution in [3.63, 3.8) is 0 Å². The van der Waals surface area contributed by atoms with E-state index in [0.717, 1.165) is 5.75 Å². The molecule has 0 aliphatic heterocycles. The lowest BCUT2D eigenvalue weighted by Crippen LogP contribution is -2.19. The lowest BCUT2D eigenvalue weighted by Gasteiger charge is -2.23. The molecule has 20 heavy (non-hydrogen) atoms. The molecule has 0 fully saturated rings. The van der Waals surface area contributed by atoms with E-state index >= 15 is 0 Å². The van der Waals surface area contributed by atoms with Crippen molar-refractivity contribution in [1.29, 1.82) is 0 Å². The van der Waals surface area contributed by atoms with E-state index < -0.39 is 0 Å². The summed E-state index contributed by atoms with van der Waals surface area (Å²) in [4.78, 5) is 0. The number of halogens is 1. The van der Waals surface area contributed by atoms with E-state index in [1.54, 1.807) is 7.11 Å². The molecule has 2 aromatic rings. The van der Waals surface area contributed by atoms with Crippen molar-refractivity contribution in [3.8, 4) is 5.75 Å². The molecule has 0 radical (unpaired) electrons. The van der Waals surface area contributed by atoms with Gasteiger partial charge >= 0.3 is 0 Å². The zero-order valence-electron chi connectivity index (χ0n) is 12.3. The Labute approximate surface area is 134 Å². The first-order valence-corrected chi connectivity index (χ1v) is 7.72. The second-order valence-electron chi connectivity index (χ2n) is 4.97. The summed E-state index contributed by atoms with van der Waals surface area (Å²) in [6, 6.07) is 13.0. The van der Waals surface area contributed by atoms with Crippen molar-refractivity contribution < 1.29 is 4.74 Å². The molecule has 0 aliphatic carbocycles. The number of rotatable bonds is 4. The molecule has 1 unspecified atom stereocenters. The van der Waals surface area contributed by atoms with Crippen LogP contribution in [0.3, 0.4) is 0 Å². The Bertz CT molecular complexity index is 610. The highest BCUT2D eigenvalue weighted by molar-refractivity contribution is 14.1. The molecule has 0 amide bonds. The Morgan fingerprint density at radius 3 is 2.50 bits per heavy atom. The van der Waals surface area contributed by atoms with Crippen LogP contribution < -0.4 is 10.1 Å². The zero-order chi connectivity index (χ0) is 14.7. The Morgan fingerprint density at radius 2 is 1.90 bits per heavy atom. The topological polar surface area (TPSA) is 21.3 Å². The van der Waals surface area contributed by atoms with E-state index in [0.29, 0.717) is 0 Å². The van der Waals surface area contributed by atoms with Crippen LogP contribution in [0.4, 0.5) is 0 Å². The molecule has 2 aromatic carbocycles. The van der Waals surface area contributed by atoms with Gasteiger partial charge in [0.05, 0.1) is 13.2 Å². The number of hydrogen-bond donors (Lipinski definition) is 1. The fraction of sp³-hybridized carbons (Fsp3) is 0.294. The fourth-order valence-electron chi connectivity index (χ4n) is 2.64. The summed E-state index contributed by atoms with van der Waals surface area (Å²) in [6.07, 6.45) is 0. The first-order valence-electron chi connectivity index (χ1n) is 6.64. The molecule has 0 aliphatic rings. The first kappa shape index (κ1) is 15.3. The van der Waals surface area contributed by atoms with Gasteiger partial charge in [0.15, 0.2) is 0 Å². The molecule has 0 bridgehead atoms. The van der Waals surface area contributed by atoms with Crippen LogP contribution in [0.2, 0.25) is 0 Å². The van der Waals surface area contributed by atoms with Crippen molar-refractivity contribution in [3.05, 3.63) is 62.2 Å². The molecule has 0 aromatic heterocycles. The first-order chi connectivity index (χ1) is 9.56. The van der Waals surface area contributed by atoms with Gasteiger partial charge in [0.1, 0.15) is 5.75 Å². The molecule has 0 saturated carbocycles. The van der Waals surface area contributed by atoms with Crippen LogP contribution in [-0.4, -0.2) is 14.2 Å². The Balaban J connectivity index is 2.57. The average molecular weight is 381 g/mol. The number of hydrogen-bond acceptors (Lipinski definition) is 2. The molecule has 0 heterocycles. The van der Waals surface area contributed by atoms with Gasteiger partial charge in [0.25, 0.3) is 0 Å². The van der Waals surface area contributed by atoms with E-state index in [-0.39, 0.29) is 6.04 Å². The highest BCUT2D eigenvalue weighted by Crippen LogP contribution is 2.34. The van der Waals surface area contributed by atoms with Crippen LogP contribution in [0.5, 0.6) is 5.75 Å². The number of benzene rings is 2. The summed E-state index contributed by atoms with van der Waals surface area (Å²) in [5.41, 5.74) is 4.94. The molecule has 3 heteroatoms. The molecular formula is C17H20INO. The van der Waals surface area contributed by atoms with E-state index in [1.165, 1.54) is 25.8 Å². The highest BCUT2D eigenvalue weighted by atomic mass is 127. The monoisotopic (exact) mass is 381 g/mol. The quantitative estimate of drug-likeness (QED) is 0.801. The van der Waals surface area contributed by atoms with Gasteiger partial charge in [0.2, 0.25) is 0 Å². The van der Waals surface area contributed by atoms with Crippen molar-refractivity contribution in [1.82, 2.24) is 5.32 Å². The van der Waals surface area contributed by atoms with Crippen molar-refractivity contribution in [2.24, 2.45) is 0 Å². The molecule has 1 N–H and O–H groups in total. The lowest BCUT2D eigenvalue weighted by molar-refractivity contribution is 0.404. The highest BCUT2D eigenvalue weighted by Gasteiger charge is 2.19. The van der Waals surface area contributed by atoms with Crippen LogP contribution in [0.25, 0.3) is 0 Å². The van der Waals surface area contributed by atoms with E-state index in [2.05, 4.69) is 78.2 Å². The smallest absolute Gasteiger partial charge is 0.124 e. The Kier molecular flexibility index (Phi) is 5.05. The van der Waals surface area contributed by atoms with Gasteiger partial charge in [-0.2, -0.15) is 0 Å². The predicted octanol–water partition coefficient (Wildman–Crippen LogP) is 4.23. The van der Waals surface area contributed by atoms with Gasteiger partial charge in [0, 0.05) is 9.13 Å². The molecule has 2 nitrogen and oxygen atoms in total. The van der Waals surface area contributed by atoms with Gasteiger partial charge in [-0.1, -0.05) is 18.2 Å². The summed E-state index contributed by atoms with van der Waals surface area (Å²) in [5, 5.41) is 3.41. The minimum atomic E-state index is 0.139. The van der Waals surface area contributed by atoms with Gasteiger partial charge in [-0.3, -0.25) is 0 Å². The van der Waals surface area contributed by atoms with Gasteiger partial charge < -0.3 is 10.1 Å². The molecular weight excluding hydrogens is 361 g/mol. The average Bonchev–Trinajstić information content (AvgIpc) is 2.41. The standard InChI is InChI=1S/C17H20INO/c1-11-8-12(2)16(15(9-11)20-4)17(19-3)13-6-5-7-14(18)10-13/h5-10,17,19H,1-4H3. The van der Waals surface area contributed by atoms with Crippen molar-refractivity contribution in [2.75, 3.05) is 14.2 Å². The Hall–Kier alpha value is -1.07. The van der Waals surface area contributed by atoms with Gasteiger partial charge in [-0.15, -0.1) is 0 Å². The van der Waals surface area contributed by atoms with Crippen molar-refractivity contribution in [2.45, 2.75) is 19.9 Å². The predicted molar refractivity (Wildman–Crippen MR) is 92.5 cm³/mol. The fourth-order valence-corrected chi connectivity index (χ4v) is 3.21. The minimum absolute atomic E-state index is 0.139. The number of ether oxygens (including phenoxy) is 1. The van der Waals surface area contributed by atoms with E-state index in [4.69, 9.17) is 4.74 Å². The number of aryl methyl sites for hydroxylation is 2. The van der Waals surface area contributed by atoms with Crippen LogP contribution in [0.1, 0.15) is 28.3 Å². The Morgan fingerprint density at radius 1 is 1.15 bits per heavy atom. The maximum absolute atomic E-state index is 5.60. The van der Waals surface area contributed by atoms with Crippen molar-refractivity contribution >= 4 is 22.6 Å². The maximum Gasteiger partial charge on any atom is 0.124 e. The van der Waals surface area contributed by atoms with Crippen LogP contribution >= 0.6 is 22.6 Å². The minimum Gasteiger partial charge on any atom is -0.496 e. The summed E-state index contributed by atoms with van der Waals surface area (Å²) in [5.74, 6) is 0.945. The second kappa shape index (κ2) is 6.59. The molecule has 2 rings (SSSR count). The van der Waals surface area contributed by atoms with Crippen LogP contribution in [0, 0.1) is 17.4 Å². The van der Waals surface area contributed by atoms with Crippen LogP contribution in [0.15, 0.2) is 36.4 Å². The molecule has 0 saturated heterocycles. The van der Waals surface area contributed by atoms with Crippen LogP contribution in [-0.2, 0) is 0 Å². The van der Waals surface area contributed by atoms with E-state index in [1.807, 2.05) is 7.05 Å². The second-order valence-corrected chi connectivity index (χ2v) is 6.22. The third-order valence-electron chi connectivity index (χ3n) is 3.47.